The van der Waals surface area contributed by atoms with E-state index in [1.165, 1.54) is 11.3 Å². The van der Waals surface area contributed by atoms with Crippen molar-refractivity contribution in [1.82, 2.24) is 15.1 Å². The summed E-state index contributed by atoms with van der Waals surface area (Å²) in [7, 11) is 3.72. The molecule has 3 N–H and O–H groups in total. The van der Waals surface area contributed by atoms with Crippen LogP contribution in [0.2, 0.25) is 0 Å². The first-order chi connectivity index (χ1) is 24.6. The van der Waals surface area contributed by atoms with Gasteiger partial charge in [-0.2, -0.15) is 0 Å². The lowest BCUT2D eigenvalue weighted by molar-refractivity contribution is -0.122. The fourth-order valence-corrected chi connectivity index (χ4v) is 7.57. The van der Waals surface area contributed by atoms with E-state index in [1.807, 2.05) is 12.1 Å². The number of nitrogen functional groups attached to an aromatic ring is 1. The van der Waals surface area contributed by atoms with Gasteiger partial charge in [0.05, 0.1) is 23.8 Å². The van der Waals surface area contributed by atoms with Crippen molar-refractivity contribution in [3.05, 3.63) is 83.4 Å². The lowest BCUT2D eigenvalue weighted by atomic mass is 9.86. The molecule has 2 heterocycles. The quantitative estimate of drug-likeness (QED) is 0.0888. The highest BCUT2D eigenvalue weighted by molar-refractivity contribution is 6.07. The van der Waals surface area contributed by atoms with Crippen molar-refractivity contribution in [2.45, 2.75) is 76.3 Å². The molecule has 2 aliphatic heterocycles. The predicted molar refractivity (Wildman–Crippen MR) is 208 cm³/mol. The average molecular weight is 694 g/mol. The minimum absolute atomic E-state index is 0.0403. The Kier molecular flexibility index (Phi) is 13.0. The molecule has 10 heteroatoms. The highest BCUT2D eigenvalue weighted by Crippen LogP contribution is 2.36. The molecule has 51 heavy (non-hydrogen) atoms. The van der Waals surface area contributed by atoms with Gasteiger partial charge in [0.15, 0.2) is 0 Å². The standard InChI is InChI=1S/C41H55N7O3/c1-29(2)45(5)28-48(38-10-6-9-37(42)39(38)41(51)44-4)35-17-15-33(16-18-35)47-25-21-34(22-26-47)46-23-19-31(20-24-46)30-11-13-32(14-12-30)36(8-7-27-49)40(50)43-3/h6,9-18,27,29,31,34,36H,4,7-8,19-26,28,42H2,1-3,5H3,(H,43,50). The summed E-state index contributed by atoms with van der Waals surface area (Å²) in [6.45, 7) is 12.6. The van der Waals surface area contributed by atoms with Crippen molar-refractivity contribution >= 4 is 47.6 Å². The highest BCUT2D eigenvalue weighted by atomic mass is 16.2. The van der Waals surface area contributed by atoms with Gasteiger partial charge in [-0.15, -0.1) is 0 Å². The number of aliphatic imine (C=N–C) groups is 1. The maximum Gasteiger partial charge on any atom is 0.280 e. The Bertz CT molecular complexity index is 1630. The van der Waals surface area contributed by atoms with Crippen LogP contribution in [0, 0.1) is 0 Å². The lowest BCUT2D eigenvalue weighted by Crippen LogP contribution is -2.47. The number of nitrogens with two attached hydrogens (primary N) is 1. The molecule has 10 nitrogen and oxygen atoms in total. The van der Waals surface area contributed by atoms with Crippen LogP contribution in [-0.2, 0) is 9.59 Å². The van der Waals surface area contributed by atoms with Crippen molar-refractivity contribution in [3.63, 3.8) is 0 Å². The fraction of sp³-hybridized carbons (Fsp3) is 0.463. The molecule has 272 valence electrons. The number of nitrogens with one attached hydrogen (secondary N) is 1. The van der Waals surface area contributed by atoms with Crippen LogP contribution >= 0.6 is 0 Å². The van der Waals surface area contributed by atoms with Crippen LogP contribution < -0.4 is 20.9 Å². The number of likely N-dealkylation sites (tertiary alicyclic amines) is 1. The van der Waals surface area contributed by atoms with Crippen LogP contribution in [-0.4, -0.2) is 93.6 Å². The lowest BCUT2D eigenvalue weighted by Gasteiger charge is -2.42. The van der Waals surface area contributed by atoms with Crippen molar-refractivity contribution in [1.29, 1.82) is 0 Å². The first kappa shape index (κ1) is 37.7. The number of likely N-dealkylation sites (N-methyl/N-ethyl adjacent to an activating group) is 1. The Morgan fingerprint density at radius 3 is 2.24 bits per heavy atom. The molecule has 0 bridgehead atoms. The van der Waals surface area contributed by atoms with E-state index < -0.39 is 5.91 Å². The number of carbonyl (C=O) groups is 3. The summed E-state index contributed by atoms with van der Waals surface area (Å²) in [5.41, 5.74) is 12.3. The van der Waals surface area contributed by atoms with Gasteiger partial charge >= 0.3 is 0 Å². The number of rotatable bonds is 14. The molecular formula is C41H55N7O3. The average Bonchev–Trinajstić information content (AvgIpc) is 3.17. The molecule has 3 aromatic rings. The largest absolute Gasteiger partial charge is 0.398 e. The number of benzene rings is 3. The molecule has 3 aromatic carbocycles. The fourth-order valence-electron chi connectivity index (χ4n) is 7.57. The van der Waals surface area contributed by atoms with Crippen LogP contribution in [0.3, 0.4) is 0 Å². The minimum Gasteiger partial charge on any atom is -0.398 e. The van der Waals surface area contributed by atoms with E-state index in [2.05, 4.69) is 106 Å². The van der Waals surface area contributed by atoms with Crippen LogP contribution in [0.25, 0.3) is 0 Å². The SMILES string of the molecule is C=NC(=O)c1c(N)cccc1N(CN(C)C(C)C)c1ccc(N2CCC(N3CCC(c4ccc(C(CCC=O)C(=O)NC)cc4)CC3)CC2)cc1. The molecule has 2 aliphatic rings. The Hall–Kier alpha value is -4.54. The topological polar surface area (TPSA) is 115 Å². The second-order valence-corrected chi connectivity index (χ2v) is 14.2. The van der Waals surface area contributed by atoms with Gasteiger partial charge in [0, 0.05) is 55.7 Å². The van der Waals surface area contributed by atoms with Gasteiger partial charge < -0.3 is 30.5 Å². The summed E-state index contributed by atoms with van der Waals surface area (Å²) >= 11 is 0. The molecule has 2 fully saturated rings. The molecule has 0 spiro atoms. The smallest absolute Gasteiger partial charge is 0.280 e. The molecule has 2 saturated heterocycles. The summed E-state index contributed by atoms with van der Waals surface area (Å²) in [4.78, 5) is 49.4. The maximum atomic E-state index is 12.8. The second kappa shape index (κ2) is 17.6. The molecule has 1 unspecified atom stereocenters. The van der Waals surface area contributed by atoms with Crippen LogP contribution in [0.5, 0.6) is 0 Å². The van der Waals surface area contributed by atoms with E-state index in [0.717, 1.165) is 75.1 Å². The van der Waals surface area contributed by atoms with Crippen LogP contribution in [0.4, 0.5) is 22.7 Å². The summed E-state index contributed by atoms with van der Waals surface area (Å²) in [5.74, 6) is -0.238. The molecule has 2 amide bonds. The Morgan fingerprint density at radius 1 is 0.980 bits per heavy atom. The summed E-state index contributed by atoms with van der Waals surface area (Å²) in [6, 6.07) is 23.6. The number of hydrogen-bond acceptors (Lipinski definition) is 8. The van der Waals surface area contributed by atoms with Crippen molar-refractivity contribution < 1.29 is 14.4 Å². The van der Waals surface area contributed by atoms with Crippen molar-refractivity contribution in [3.8, 4) is 0 Å². The first-order valence-corrected chi connectivity index (χ1v) is 18.4. The summed E-state index contributed by atoms with van der Waals surface area (Å²) in [5, 5.41) is 2.74. The van der Waals surface area contributed by atoms with E-state index in [-0.39, 0.29) is 11.8 Å². The van der Waals surface area contributed by atoms with Gasteiger partial charge in [-0.1, -0.05) is 30.3 Å². The number of amides is 2. The third-order valence-electron chi connectivity index (χ3n) is 11.0. The second-order valence-electron chi connectivity index (χ2n) is 14.2. The zero-order valence-corrected chi connectivity index (χ0v) is 30.8. The van der Waals surface area contributed by atoms with Crippen molar-refractivity contribution in [2.75, 3.05) is 62.5 Å². The Morgan fingerprint density at radius 2 is 1.65 bits per heavy atom. The summed E-state index contributed by atoms with van der Waals surface area (Å²) in [6.07, 6.45) is 6.34. The molecule has 0 saturated carbocycles. The van der Waals surface area contributed by atoms with E-state index >= 15 is 0 Å². The number of nitrogens with zero attached hydrogens (tertiary/aromatic N) is 5. The zero-order valence-electron chi connectivity index (χ0n) is 30.8. The Balaban J connectivity index is 1.18. The number of anilines is 4. The minimum atomic E-state index is -0.432. The van der Waals surface area contributed by atoms with Gasteiger partial charge in [-0.3, -0.25) is 14.5 Å². The van der Waals surface area contributed by atoms with Gasteiger partial charge in [0.25, 0.3) is 5.91 Å². The van der Waals surface area contributed by atoms with Crippen molar-refractivity contribution in [2.24, 2.45) is 4.99 Å². The molecule has 1 atom stereocenters. The van der Waals surface area contributed by atoms with Crippen LogP contribution in [0.15, 0.2) is 71.7 Å². The van der Waals surface area contributed by atoms with Crippen LogP contribution in [0.1, 0.15) is 85.7 Å². The van der Waals surface area contributed by atoms with Gasteiger partial charge in [-0.05, 0) is 126 Å². The molecule has 0 aliphatic carbocycles. The predicted octanol–water partition coefficient (Wildman–Crippen LogP) is 6.20. The number of piperidine rings is 2. The number of aldehydes is 1. The van der Waals surface area contributed by atoms with E-state index in [4.69, 9.17) is 5.73 Å². The number of hydrogen-bond donors (Lipinski definition) is 2. The third kappa shape index (κ3) is 9.04. The molecule has 5 rings (SSSR count). The van der Waals surface area contributed by atoms with Gasteiger partial charge in [0.1, 0.15) is 6.29 Å². The third-order valence-corrected chi connectivity index (χ3v) is 11.0. The first-order valence-electron chi connectivity index (χ1n) is 18.4. The zero-order chi connectivity index (χ0) is 36.5. The van der Waals surface area contributed by atoms with Gasteiger partial charge in [0.2, 0.25) is 5.91 Å². The maximum absolute atomic E-state index is 12.8. The number of carbonyl (C=O) groups excluding carboxylic acids is 3. The highest BCUT2D eigenvalue weighted by Gasteiger charge is 2.30. The van der Waals surface area contributed by atoms with E-state index in [0.29, 0.717) is 48.8 Å². The van der Waals surface area contributed by atoms with E-state index in [1.54, 1.807) is 13.1 Å². The molecule has 0 aromatic heterocycles. The normalized spacial score (nSPS) is 16.6. The molecular weight excluding hydrogens is 638 g/mol. The Labute approximate surface area is 303 Å². The van der Waals surface area contributed by atoms with E-state index in [9.17, 15) is 14.4 Å². The summed E-state index contributed by atoms with van der Waals surface area (Å²) < 4.78 is 0. The van der Waals surface area contributed by atoms with Gasteiger partial charge in [-0.25, -0.2) is 4.99 Å². The monoisotopic (exact) mass is 693 g/mol. The molecule has 0 radical (unpaired) electrons.